The zero-order valence-corrected chi connectivity index (χ0v) is 22.1. The van der Waals surface area contributed by atoms with E-state index >= 15 is 0 Å². The van der Waals surface area contributed by atoms with Crippen LogP contribution < -0.4 is 9.80 Å². The standard InChI is InChI=1S/C34H30N4/c1-37(2)23-17-13-21(14-18-23)29-30(22-15-19-24(20-16-22)38(3)4)33-32(26-10-6-8-12-28(26)35-33)34-31(29)25-9-5-7-11-27(25)36-34/h5-20,35-36H,1-4H3. The lowest BCUT2D eigenvalue weighted by Crippen LogP contribution is -2.08. The minimum absolute atomic E-state index is 1.15. The largest absolute Gasteiger partial charge is 0.378 e. The molecule has 0 aliphatic carbocycles. The van der Waals surface area contributed by atoms with Crippen molar-refractivity contribution in [2.45, 2.75) is 0 Å². The zero-order chi connectivity index (χ0) is 26.0. The van der Waals surface area contributed by atoms with Gasteiger partial charge >= 0.3 is 0 Å². The number of nitrogens with zero attached hydrogens (tertiary/aromatic N) is 2. The second kappa shape index (κ2) is 8.42. The number of rotatable bonds is 4. The molecule has 0 fully saturated rings. The first-order chi connectivity index (χ1) is 18.5. The number of hydrogen-bond donors (Lipinski definition) is 2. The van der Waals surface area contributed by atoms with E-state index in [0.29, 0.717) is 0 Å². The van der Waals surface area contributed by atoms with E-state index < -0.39 is 0 Å². The monoisotopic (exact) mass is 494 g/mol. The van der Waals surface area contributed by atoms with Crippen molar-refractivity contribution in [2.75, 3.05) is 38.0 Å². The molecule has 2 aromatic heterocycles. The first-order valence-corrected chi connectivity index (χ1v) is 13.0. The predicted octanol–water partition coefficient (Wildman–Crippen LogP) is 8.42. The molecule has 0 saturated heterocycles. The Kier molecular flexibility index (Phi) is 4.98. The predicted molar refractivity (Wildman–Crippen MR) is 165 cm³/mol. The number of para-hydroxylation sites is 2. The van der Waals surface area contributed by atoms with Gasteiger partial charge in [0.1, 0.15) is 0 Å². The highest BCUT2D eigenvalue weighted by atomic mass is 15.1. The molecule has 0 bridgehead atoms. The summed E-state index contributed by atoms with van der Waals surface area (Å²) in [5.74, 6) is 0. The lowest BCUT2D eigenvalue weighted by molar-refractivity contribution is 1.13. The smallest absolute Gasteiger partial charge is 0.0573 e. The van der Waals surface area contributed by atoms with Gasteiger partial charge in [0.25, 0.3) is 0 Å². The lowest BCUT2D eigenvalue weighted by atomic mass is 9.88. The first-order valence-electron chi connectivity index (χ1n) is 13.0. The van der Waals surface area contributed by atoms with Gasteiger partial charge < -0.3 is 19.8 Å². The van der Waals surface area contributed by atoms with Crippen molar-refractivity contribution >= 4 is 55.0 Å². The summed E-state index contributed by atoms with van der Waals surface area (Å²) in [6, 6.07) is 35.2. The summed E-state index contributed by atoms with van der Waals surface area (Å²) >= 11 is 0. The molecule has 0 spiro atoms. The van der Waals surface area contributed by atoms with Crippen LogP contribution >= 0.6 is 0 Å². The highest BCUT2D eigenvalue weighted by Crippen LogP contribution is 2.48. The maximum absolute atomic E-state index is 3.82. The normalized spacial score (nSPS) is 11.7. The molecule has 7 rings (SSSR count). The van der Waals surface area contributed by atoms with Gasteiger partial charge in [-0.25, -0.2) is 0 Å². The van der Waals surface area contributed by atoms with Gasteiger partial charge in [-0.2, -0.15) is 0 Å². The third kappa shape index (κ3) is 3.30. The van der Waals surface area contributed by atoms with Crippen LogP contribution in [0.5, 0.6) is 0 Å². The molecule has 7 aromatic rings. The fourth-order valence-corrected chi connectivity index (χ4v) is 5.86. The number of fused-ring (bicyclic) bond motifs is 7. The number of nitrogens with one attached hydrogen (secondary N) is 2. The molecular formula is C34H30N4. The molecule has 0 unspecified atom stereocenters. The van der Waals surface area contributed by atoms with Gasteiger partial charge in [0, 0.05) is 83.3 Å². The van der Waals surface area contributed by atoms with Crippen LogP contribution in [0.2, 0.25) is 0 Å². The summed E-state index contributed by atoms with van der Waals surface area (Å²) in [7, 11) is 8.34. The third-order valence-corrected chi connectivity index (χ3v) is 7.76. The molecule has 2 heterocycles. The molecule has 0 radical (unpaired) electrons. The molecular weight excluding hydrogens is 464 g/mol. The Hall–Kier alpha value is -4.70. The lowest BCUT2D eigenvalue weighted by Gasteiger charge is -2.18. The Bertz CT molecular complexity index is 1950. The van der Waals surface area contributed by atoms with Crippen molar-refractivity contribution in [3.05, 3.63) is 97.1 Å². The summed E-state index contributed by atoms with van der Waals surface area (Å²) in [5, 5.41) is 4.99. The zero-order valence-electron chi connectivity index (χ0n) is 22.1. The molecule has 0 amide bonds. The van der Waals surface area contributed by atoms with Gasteiger partial charge in [0.2, 0.25) is 0 Å². The van der Waals surface area contributed by atoms with Gasteiger partial charge in [0.05, 0.1) is 11.0 Å². The molecule has 2 N–H and O–H groups in total. The van der Waals surface area contributed by atoms with Gasteiger partial charge in [-0.15, -0.1) is 0 Å². The van der Waals surface area contributed by atoms with Gasteiger partial charge in [-0.05, 0) is 47.5 Å². The molecule has 0 aliphatic rings. The van der Waals surface area contributed by atoms with Gasteiger partial charge in [0.15, 0.2) is 0 Å². The summed E-state index contributed by atoms with van der Waals surface area (Å²) in [5.41, 5.74) is 11.9. The van der Waals surface area contributed by atoms with Gasteiger partial charge in [-0.3, -0.25) is 0 Å². The maximum atomic E-state index is 3.82. The Morgan fingerprint density at radius 1 is 0.447 bits per heavy atom. The van der Waals surface area contributed by atoms with Crippen molar-refractivity contribution in [2.24, 2.45) is 0 Å². The van der Waals surface area contributed by atoms with Gasteiger partial charge in [-0.1, -0.05) is 60.7 Å². The van der Waals surface area contributed by atoms with Crippen LogP contribution in [0.4, 0.5) is 11.4 Å². The SMILES string of the molecule is CN(C)c1ccc(-c2c(-c3ccc(N(C)C)cc3)c3c4ccccc4[nH]c3c3c2[nH]c2ccccc23)cc1. The van der Waals surface area contributed by atoms with E-state index in [9.17, 15) is 0 Å². The van der Waals surface area contributed by atoms with E-state index in [4.69, 9.17) is 0 Å². The van der Waals surface area contributed by atoms with E-state index in [0.717, 1.165) is 16.6 Å². The third-order valence-electron chi connectivity index (χ3n) is 7.76. The molecule has 186 valence electrons. The number of hydrogen-bond acceptors (Lipinski definition) is 2. The van der Waals surface area contributed by atoms with Crippen LogP contribution in [0.15, 0.2) is 97.1 Å². The van der Waals surface area contributed by atoms with Crippen molar-refractivity contribution in [3.63, 3.8) is 0 Å². The molecule has 38 heavy (non-hydrogen) atoms. The van der Waals surface area contributed by atoms with Crippen LogP contribution in [0.1, 0.15) is 0 Å². The summed E-state index contributed by atoms with van der Waals surface area (Å²) < 4.78 is 0. The van der Waals surface area contributed by atoms with E-state index in [-0.39, 0.29) is 0 Å². The number of aromatic amines is 2. The topological polar surface area (TPSA) is 38.1 Å². The molecule has 0 atom stereocenters. The van der Waals surface area contributed by atoms with Crippen molar-refractivity contribution in [1.29, 1.82) is 0 Å². The summed E-state index contributed by atoms with van der Waals surface area (Å²) in [6.07, 6.45) is 0. The van der Waals surface area contributed by atoms with Crippen LogP contribution in [-0.4, -0.2) is 38.2 Å². The molecule has 0 saturated carbocycles. The molecule has 4 heteroatoms. The van der Waals surface area contributed by atoms with Crippen LogP contribution in [0.3, 0.4) is 0 Å². The average molecular weight is 495 g/mol. The Morgan fingerprint density at radius 3 is 1.42 bits per heavy atom. The first kappa shape index (κ1) is 22.5. The number of benzene rings is 5. The van der Waals surface area contributed by atoms with E-state index in [2.05, 4.69) is 145 Å². The fraction of sp³-hybridized carbons (Fsp3) is 0.118. The van der Waals surface area contributed by atoms with Crippen LogP contribution in [0.25, 0.3) is 65.9 Å². The number of H-pyrrole nitrogens is 2. The Labute approximate surface area is 222 Å². The molecule has 5 aromatic carbocycles. The van der Waals surface area contributed by atoms with Crippen molar-refractivity contribution < 1.29 is 0 Å². The fourth-order valence-electron chi connectivity index (χ4n) is 5.86. The highest BCUT2D eigenvalue weighted by molar-refractivity contribution is 6.32. The van der Waals surface area contributed by atoms with E-state index in [1.165, 1.54) is 60.7 Å². The number of aromatic nitrogens is 2. The summed E-state index contributed by atoms with van der Waals surface area (Å²) in [4.78, 5) is 11.9. The average Bonchev–Trinajstić information content (AvgIpc) is 3.51. The second-order valence-electron chi connectivity index (χ2n) is 10.5. The van der Waals surface area contributed by atoms with E-state index in [1.807, 2.05) is 0 Å². The second-order valence-corrected chi connectivity index (χ2v) is 10.5. The molecule has 0 aliphatic heterocycles. The Morgan fingerprint density at radius 2 is 0.895 bits per heavy atom. The van der Waals surface area contributed by atoms with E-state index in [1.54, 1.807) is 0 Å². The minimum atomic E-state index is 1.15. The summed E-state index contributed by atoms with van der Waals surface area (Å²) in [6.45, 7) is 0. The maximum Gasteiger partial charge on any atom is 0.0573 e. The Balaban J connectivity index is 1.70. The van der Waals surface area contributed by atoms with Crippen molar-refractivity contribution in [1.82, 2.24) is 9.97 Å². The van der Waals surface area contributed by atoms with Crippen LogP contribution in [-0.2, 0) is 0 Å². The minimum Gasteiger partial charge on any atom is -0.378 e. The number of anilines is 2. The van der Waals surface area contributed by atoms with Crippen LogP contribution in [0, 0.1) is 0 Å². The molecule has 4 nitrogen and oxygen atoms in total. The quantitative estimate of drug-likeness (QED) is 0.258. The van der Waals surface area contributed by atoms with Crippen molar-refractivity contribution in [3.8, 4) is 22.3 Å². The highest BCUT2D eigenvalue weighted by Gasteiger charge is 2.23.